The molecule has 2 heterocycles. The topological polar surface area (TPSA) is 100 Å². The Kier molecular flexibility index (Phi) is 7.11. The number of carbonyl (C=O) groups excluding carboxylic acids is 1. The number of fused-ring (bicyclic) bond motifs is 1. The maximum atomic E-state index is 12.3. The molecule has 142 valence electrons. The van der Waals surface area contributed by atoms with E-state index < -0.39 is 0 Å². The fraction of sp³-hybridized carbons (Fsp3) is 0.412. The first-order valence-corrected chi connectivity index (χ1v) is 8.23. The van der Waals surface area contributed by atoms with E-state index in [0.717, 1.165) is 29.9 Å². The van der Waals surface area contributed by atoms with E-state index in [1.54, 1.807) is 14.2 Å². The Morgan fingerprint density at radius 1 is 1.19 bits per heavy atom. The van der Waals surface area contributed by atoms with Gasteiger partial charge in [-0.25, -0.2) is 0 Å². The first-order valence-electron chi connectivity index (χ1n) is 8.23. The van der Waals surface area contributed by atoms with Gasteiger partial charge in [0, 0.05) is 67.7 Å². The largest absolute Gasteiger partial charge is 0.497 e. The van der Waals surface area contributed by atoms with Gasteiger partial charge in [-0.15, -0.1) is 12.4 Å². The molecule has 0 saturated heterocycles. The zero-order valence-corrected chi connectivity index (χ0v) is 15.7. The number of nitrogens with zero attached hydrogens (tertiary/aromatic N) is 1. The van der Waals surface area contributed by atoms with Gasteiger partial charge in [-0.3, -0.25) is 9.89 Å². The molecule has 0 fully saturated rings. The van der Waals surface area contributed by atoms with Crippen LogP contribution >= 0.6 is 12.4 Å². The van der Waals surface area contributed by atoms with Crippen LogP contribution in [0.3, 0.4) is 0 Å². The maximum absolute atomic E-state index is 12.3. The lowest BCUT2D eigenvalue weighted by Crippen LogP contribution is -2.31. The van der Waals surface area contributed by atoms with Gasteiger partial charge in [0.25, 0.3) is 5.91 Å². The summed E-state index contributed by atoms with van der Waals surface area (Å²) in [6, 6.07) is 5.56. The minimum atomic E-state index is -0.161. The number of methoxy groups -OCH3 is 2. The molecule has 0 saturated carbocycles. The quantitative estimate of drug-likeness (QED) is 0.540. The van der Waals surface area contributed by atoms with Crippen LogP contribution in [0.25, 0.3) is 0 Å². The minimum absolute atomic E-state index is 0. The Bertz CT molecular complexity index is 728. The van der Waals surface area contributed by atoms with Crippen molar-refractivity contribution in [3.8, 4) is 11.5 Å². The number of rotatable bonds is 7. The molecule has 8 nitrogen and oxygen atoms in total. The Labute approximate surface area is 158 Å². The Morgan fingerprint density at radius 2 is 1.92 bits per heavy atom. The number of hydrogen-bond donors (Lipinski definition) is 4. The van der Waals surface area contributed by atoms with E-state index in [0.29, 0.717) is 36.8 Å². The van der Waals surface area contributed by atoms with E-state index in [4.69, 9.17) is 9.47 Å². The number of amides is 1. The third-order valence-electron chi connectivity index (χ3n) is 4.11. The second kappa shape index (κ2) is 9.30. The summed E-state index contributed by atoms with van der Waals surface area (Å²) in [4.78, 5) is 12.3. The highest BCUT2D eigenvalue weighted by molar-refractivity contribution is 5.94. The standard InChI is InChI=1S/C17H23N5O3.ClH/c1-24-12-7-11(8-13(9-12)25-2)19-5-6-20-17(23)16-14-10-18-4-3-15(14)21-22-16;/h7-9,18-19H,3-6,10H2,1-2H3,(H,20,23)(H,21,22);1H. The van der Waals surface area contributed by atoms with Gasteiger partial charge in [0.2, 0.25) is 0 Å². The van der Waals surface area contributed by atoms with Gasteiger partial charge in [0.05, 0.1) is 14.2 Å². The van der Waals surface area contributed by atoms with Gasteiger partial charge in [0.15, 0.2) is 5.69 Å². The van der Waals surface area contributed by atoms with Gasteiger partial charge in [0.1, 0.15) is 11.5 Å². The van der Waals surface area contributed by atoms with Crippen LogP contribution in [0, 0.1) is 0 Å². The van der Waals surface area contributed by atoms with Crippen molar-refractivity contribution in [2.75, 3.05) is 39.2 Å². The second-order valence-electron chi connectivity index (χ2n) is 5.74. The molecule has 0 radical (unpaired) electrons. The molecule has 1 aliphatic heterocycles. The van der Waals surface area contributed by atoms with Crippen molar-refractivity contribution in [1.82, 2.24) is 20.8 Å². The van der Waals surface area contributed by atoms with Gasteiger partial charge < -0.3 is 25.4 Å². The van der Waals surface area contributed by atoms with Crippen molar-refractivity contribution >= 4 is 24.0 Å². The third kappa shape index (κ3) is 4.59. The van der Waals surface area contributed by atoms with Crippen molar-refractivity contribution < 1.29 is 14.3 Å². The summed E-state index contributed by atoms with van der Waals surface area (Å²) in [5, 5.41) is 16.5. The minimum Gasteiger partial charge on any atom is -0.497 e. The van der Waals surface area contributed by atoms with Crippen LogP contribution in [0.2, 0.25) is 0 Å². The molecule has 1 amide bonds. The number of benzene rings is 1. The molecule has 0 aliphatic carbocycles. The molecule has 0 bridgehead atoms. The van der Waals surface area contributed by atoms with Crippen LogP contribution in [0.15, 0.2) is 18.2 Å². The smallest absolute Gasteiger partial charge is 0.272 e. The van der Waals surface area contributed by atoms with Crippen LogP contribution in [-0.4, -0.2) is 50.0 Å². The first kappa shape index (κ1) is 19.9. The number of halogens is 1. The Balaban J connectivity index is 0.00000243. The van der Waals surface area contributed by atoms with Crippen LogP contribution in [0.4, 0.5) is 5.69 Å². The summed E-state index contributed by atoms with van der Waals surface area (Å²) >= 11 is 0. The summed E-state index contributed by atoms with van der Waals surface area (Å²) in [6.07, 6.45) is 0.870. The fourth-order valence-corrected chi connectivity index (χ4v) is 2.79. The van der Waals surface area contributed by atoms with Crippen molar-refractivity contribution in [2.24, 2.45) is 0 Å². The number of ether oxygens (including phenoxy) is 2. The van der Waals surface area contributed by atoms with E-state index in [9.17, 15) is 4.79 Å². The monoisotopic (exact) mass is 381 g/mol. The van der Waals surface area contributed by atoms with Gasteiger partial charge >= 0.3 is 0 Å². The lowest BCUT2D eigenvalue weighted by Gasteiger charge is -2.13. The average molecular weight is 382 g/mol. The number of hydrogen-bond acceptors (Lipinski definition) is 6. The molecule has 3 rings (SSSR count). The molecule has 1 aliphatic rings. The molecule has 0 atom stereocenters. The van der Waals surface area contributed by atoms with Crippen molar-refractivity contribution in [3.05, 3.63) is 35.2 Å². The molecule has 0 unspecified atom stereocenters. The number of nitrogens with one attached hydrogen (secondary N) is 4. The van der Waals surface area contributed by atoms with E-state index >= 15 is 0 Å². The van der Waals surface area contributed by atoms with E-state index in [-0.39, 0.29) is 18.3 Å². The highest BCUT2D eigenvalue weighted by Crippen LogP contribution is 2.25. The summed E-state index contributed by atoms with van der Waals surface area (Å²) in [5.41, 5.74) is 3.36. The van der Waals surface area contributed by atoms with Crippen molar-refractivity contribution in [1.29, 1.82) is 0 Å². The van der Waals surface area contributed by atoms with Gasteiger partial charge in [-0.1, -0.05) is 0 Å². The molecular weight excluding hydrogens is 358 g/mol. The number of carbonyl (C=O) groups is 1. The van der Waals surface area contributed by atoms with Crippen LogP contribution < -0.4 is 25.4 Å². The molecule has 0 spiro atoms. The second-order valence-corrected chi connectivity index (χ2v) is 5.74. The van der Waals surface area contributed by atoms with Gasteiger partial charge in [-0.05, 0) is 0 Å². The average Bonchev–Trinajstić information content (AvgIpc) is 3.09. The SMILES string of the molecule is COc1cc(NCCNC(=O)c2n[nH]c3c2CNCC3)cc(OC)c1.Cl. The highest BCUT2D eigenvalue weighted by Gasteiger charge is 2.21. The molecule has 4 N–H and O–H groups in total. The number of anilines is 1. The van der Waals surface area contributed by atoms with Crippen LogP contribution in [0.5, 0.6) is 11.5 Å². The highest BCUT2D eigenvalue weighted by atomic mass is 35.5. The zero-order chi connectivity index (χ0) is 17.6. The predicted molar refractivity (Wildman–Crippen MR) is 102 cm³/mol. The summed E-state index contributed by atoms with van der Waals surface area (Å²) in [6.45, 7) is 2.64. The number of aromatic nitrogens is 2. The Hall–Kier alpha value is -2.45. The molecule has 9 heteroatoms. The lowest BCUT2D eigenvalue weighted by molar-refractivity contribution is 0.0949. The predicted octanol–water partition coefficient (Wildman–Crippen LogP) is 1.34. The van der Waals surface area contributed by atoms with Crippen molar-refractivity contribution in [3.63, 3.8) is 0 Å². The molecule has 2 aromatic rings. The summed E-state index contributed by atoms with van der Waals surface area (Å²) < 4.78 is 10.5. The normalized spacial score (nSPS) is 12.5. The third-order valence-corrected chi connectivity index (χ3v) is 4.11. The fourth-order valence-electron chi connectivity index (χ4n) is 2.79. The summed E-state index contributed by atoms with van der Waals surface area (Å²) in [7, 11) is 3.22. The van der Waals surface area contributed by atoms with E-state index in [2.05, 4.69) is 26.1 Å². The molecular formula is C17H24ClN5O3. The van der Waals surface area contributed by atoms with Crippen LogP contribution in [-0.2, 0) is 13.0 Å². The summed E-state index contributed by atoms with van der Waals surface area (Å²) in [5.74, 6) is 1.26. The lowest BCUT2D eigenvalue weighted by atomic mass is 10.1. The number of aromatic amines is 1. The molecule has 1 aromatic carbocycles. The van der Waals surface area contributed by atoms with Crippen molar-refractivity contribution in [2.45, 2.75) is 13.0 Å². The van der Waals surface area contributed by atoms with Gasteiger partial charge in [-0.2, -0.15) is 5.10 Å². The molecule has 26 heavy (non-hydrogen) atoms. The maximum Gasteiger partial charge on any atom is 0.272 e. The molecule has 1 aromatic heterocycles. The van der Waals surface area contributed by atoms with E-state index in [1.165, 1.54) is 0 Å². The first-order chi connectivity index (χ1) is 12.2. The van der Waals surface area contributed by atoms with E-state index in [1.807, 2.05) is 18.2 Å². The Morgan fingerprint density at radius 3 is 2.62 bits per heavy atom. The van der Waals surface area contributed by atoms with Crippen LogP contribution in [0.1, 0.15) is 21.7 Å². The zero-order valence-electron chi connectivity index (χ0n) is 14.8. The number of H-pyrrole nitrogens is 1.